The van der Waals surface area contributed by atoms with E-state index in [1.54, 1.807) is 0 Å². The van der Waals surface area contributed by atoms with E-state index in [1.807, 2.05) is 0 Å². The van der Waals surface area contributed by atoms with Crippen LogP contribution in [-0.4, -0.2) is 35.5 Å². The Kier molecular flexibility index (Phi) is 6.70. The number of alkyl halides is 6. The zero-order chi connectivity index (χ0) is 28.9. The van der Waals surface area contributed by atoms with Crippen molar-refractivity contribution in [3.8, 4) is 0 Å². The summed E-state index contributed by atoms with van der Waals surface area (Å²) in [5.41, 5.74) is -8.02. The Labute approximate surface area is 225 Å². The van der Waals surface area contributed by atoms with Crippen molar-refractivity contribution in [1.29, 1.82) is 0 Å². The molecule has 222 valence electrons. The van der Waals surface area contributed by atoms with Crippen molar-refractivity contribution in [2.75, 3.05) is 0 Å². The second-order valence-electron chi connectivity index (χ2n) is 14.4. The Balaban J connectivity index is 0.000000723. The first-order valence-electron chi connectivity index (χ1n) is 14.5. The van der Waals surface area contributed by atoms with Crippen molar-refractivity contribution >= 4 is 11.9 Å². The normalized spacial score (nSPS) is 41.5. The minimum Gasteiger partial charge on any atom is -0.446 e. The molecule has 6 fully saturated rings. The van der Waals surface area contributed by atoms with Crippen LogP contribution in [0.2, 0.25) is 0 Å². The summed E-state index contributed by atoms with van der Waals surface area (Å²) in [7, 11) is 0. The second-order valence-corrected chi connectivity index (χ2v) is 14.4. The highest BCUT2D eigenvalue weighted by molar-refractivity contribution is 5.91. The SMILES string of the molecule is CC(C)C.CC1(C)C2CCC1(C(=O)OC(CC1CC3CC1C1C4CCC(C4)C31)(C(F)(F)F)C(F)(F)F)OC2=O. The van der Waals surface area contributed by atoms with Crippen LogP contribution in [0.3, 0.4) is 0 Å². The maximum atomic E-state index is 14.4. The molecule has 1 aliphatic heterocycles. The molecule has 0 spiro atoms. The molecule has 6 bridgehead atoms. The van der Waals surface area contributed by atoms with Gasteiger partial charge in [0.15, 0.2) is 0 Å². The number of hydrogen-bond acceptors (Lipinski definition) is 4. The van der Waals surface area contributed by atoms with Crippen LogP contribution in [0, 0.1) is 58.7 Å². The molecule has 0 aromatic heterocycles. The smallest absolute Gasteiger partial charge is 0.437 e. The highest BCUT2D eigenvalue weighted by atomic mass is 19.4. The van der Waals surface area contributed by atoms with E-state index in [0.29, 0.717) is 30.6 Å². The molecule has 0 N–H and O–H groups in total. The Morgan fingerprint density at radius 3 is 1.97 bits per heavy atom. The second kappa shape index (κ2) is 9.01. The van der Waals surface area contributed by atoms with Gasteiger partial charge >= 0.3 is 29.9 Å². The Morgan fingerprint density at radius 2 is 1.49 bits per heavy atom. The molecule has 0 radical (unpaired) electrons. The van der Waals surface area contributed by atoms with E-state index in [-0.39, 0.29) is 30.6 Å². The third-order valence-corrected chi connectivity index (χ3v) is 11.2. The third kappa shape index (κ3) is 4.06. The molecule has 5 aliphatic carbocycles. The molecule has 6 aliphatic rings. The van der Waals surface area contributed by atoms with Crippen molar-refractivity contribution < 1.29 is 45.4 Å². The van der Waals surface area contributed by atoms with Gasteiger partial charge in [-0.3, -0.25) is 4.79 Å². The van der Waals surface area contributed by atoms with Gasteiger partial charge in [0.25, 0.3) is 0 Å². The van der Waals surface area contributed by atoms with Gasteiger partial charge in [0.05, 0.1) is 5.92 Å². The molecule has 10 heteroatoms. The van der Waals surface area contributed by atoms with Crippen molar-refractivity contribution in [2.24, 2.45) is 58.7 Å². The molecule has 9 atom stereocenters. The van der Waals surface area contributed by atoms with E-state index in [2.05, 4.69) is 25.5 Å². The number of fused-ring (bicyclic) bond motifs is 11. The van der Waals surface area contributed by atoms with Crippen LogP contribution in [0.4, 0.5) is 26.3 Å². The maximum absolute atomic E-state index is 14.4. The van der Waals surface area contributed by atoms with Crippen LogP contribution in [-0.2, 0) is 19.1 Å². The monoisotopic (exact) mass is 566 g/mol. The summed E-state index contributed by atoms with van der Waals surface area (Å²) < 4.78 is 96.4. The summed E-state index contributed by atoms with van der Waals surface area (Å²) in [6.45, 7) is 9.43. The number of rotatable bonds is 4. The largest absolute Gasteiger partial charge is 0.446 e. The highest BCUT2D eigenvalue weighted by Crippen LogP contribution is 2.70. The topological polar surface area (TPSA) is 52.6 Å². The van der Waals surface area contributed by atoms with Crippen LogP contribution >= 0.6 is 0 Å². The number of esters is 2. The van der Waals surface area contributed by atoms with E-state index in [0.717, 1.165) is 25.2 Å². The van der Waals surface area contributed by atoms with E-state index in [4.69, 9.17) is 4.74 Å². The van der Waals surface area contributed by atoms with Gasteiger partial charge in [-0.15, -0.1) is 0 Å². The number of carbonyl (C=O) groups excluding carboxylic acids is 2. The first kappa shape index (κ1) is 29.0. The predicted molar refractivity (Wildman–Crippen MR) is 129 cm³/mol. The van der Waals surface area contributed by atoms with Crippen LogP contribution in [0.1, 0.15) is 86.0 Å². The van der Waals surface area contributed by atoms with Crippen LogP contribution in [0.25, 0.3) is 0 Å². The molecule has 0 aromatic rings. The van der Waals surface area contributed by atoms with Gasteiger partial charge in [-0.1, -0.05) is 34.6 Å². The van der Waals surface area contributed by atoms with Crippen LogP contribution in [0.5, 0.6) is 0 Å². The van der Waals surface area contributed by atoms with Gasteiger partial charge in [-0.2, -0.15) is 26.3 Å². The summed E-state index contributed by atoms with van der Waals surface area (Å²) in [6.07, 6.45) is -8.90. The van der Waals surface area contributed by atoms with E-state index in [9.17, 15) is 35.9 Å². The Bertz CT molecular complexity index is 986. The van der Waals surface area contributed by atoms with Gasteiger partial charge in [0, 0.05) is 11.8 Å². The summed E-state index contributed by atoms with van der Waals surface area (Å²) in [5, 5.41) is 0. The lowest BCUT2D eigenvalue weighted by Crippen LogP contribution is -2.63. The highest BCUT2D eigenvalue weighted by Gasteiger charge is 2.79. The molecule has 1 saturated heterocycles. The minimum atomic E-state index is -5.86. The molecule has 9 unspecified atom stereocenters. The lowest BCUT2D eigenvalue weighted by Gasteiger charge is -2.45. The zero-order valence-corrected chi connectivity index (χ0v) is 23.3. The lowest BCUT2D eigenvalue weighted by atomic mass is 9.65. The molecular formula is C29H40F6O4. The number of halogens is 6. The molecule has 5 saturated carbocycles. The molecule has 1 heterocycles. The molecule has 0 aromatic carbocycles. The Morgan fingerprint density at radius 1 is 0.923 bits per heavy atom. The van der Waals surface area contributed by atoms with Crippen molar-refractivity contribution in [3.05, 3.63) is 0 Å². The molecule has 4 nitrogen and oxygen atoms in total. The van der Waals surface area contributed by atoms with Crippen LogP contribution in [0.15, 0.2) is 0 Å². The summed E-state index contributed by atoms with van der Waals surface area (Å²) in [6, 6.07) is 0. The quantitative estimate of drug-likeness (QED) is 0.201. The summed E-state index contributed by atoms with van der Waals surface area (Å²) in [5.74, 6) is -1.72. The molecule has 6 rings (SSSR count). The average Bonchev–Trinajstić information content (AvgIpc) is 3.59. The standard InChI is InChI=1S/C25H30F6O4.C4H10/c1-21(2)16-5-6-22(21,34-19(16)32)20(33)35-23(24(26,27)28,25(29,30)31)10-14-8-13-9-15(14)18-12-4-3-11(7-12)17(13)18;1-4(2)3/h11-18H,3-10H2,1-2H3;4H,1-3H3. The molecule has 0 amide bonds. The molecular weight excluding hydrogens is 526 g/mol. The number of carbonyl (C=O) groups is 2. The van der Waals surface area contributed by atoms with Crippen molar-refractivity contribution in [1.82, 2.24) is 0 Å². The first-order valence-corrected chi connectivity index (χ1v) is 14.5. The first-order chi connectivity index (χ1) is 17.9. The van der Waals surface area contributed by atoms with Gasteiger partial charge in [0.1, 0.15) is 0 Å². The van der Waals surface area contributed by atoms with E-state index >= 15 is 0 Å². The molecule has 39 heavy (non-hydrogen) atoms. The third-order valence-electron chi connectivity index (χ3n) is 11.2. The Hall–Kier alpha value is -1.48. The van der Waals surface area contributed by atoms with Gasteiger partial charge in [-0.25, -0.2) is 4.79 Å². The van der Waals surface area contributed by atoms with Gasteiger partial charge < -0.3 is 9.47 Å². The van der Waals surface area contributed by atoms with Gasteiger partial charge in [-0.05, 0) is 92.3 Å². The average molecular weight is 567 g/mol. The summed E-state index contributed by atoms with van der Waals surface area (Å²) >= 11 is 0. The van der Waals surface area contributed by atoms with Crippen molar-refractivity contribution in [3.63, 3.8) is 0 Å². The fraction of sp³-hybridized carbons (Fsp3) is 0.931. The number of hydrogen-bond donors (Lipinski definition) is 0. The number of ether oxygens (including phenoxy) is 2. The fourth-order valence-electron chi connectivity index (χ4n) is 9.65. The van der Waals surface area contributed by atoms with Crippen LogP contribution < -0.4 is 0 Å². The zero-order valence-electron chi connectivity index (χ0n) is 23.3. The minimum absolute atomic E-state index is 0.151. The summed E-state index contributed by atoms with van der Waals surface area (Å²) in [4.78, 5) is 25.4. The predicted octanol–water partition coefficient (Wildman–Crippen LogP) is 7.50. The lowest BCUT2D eigenvalue weighted by molar-refractivity contribution is -0.378. The van der Waals surface area contributed by atoms with Gasteiger partial charge in [0.2, 0.25) is 5.60 Å². The van der Waals surface area contributed by atoms with Crippen molar-refractivity contribution in [2.45, 2.75) is 110 Å². The van der Waals surface area contributed by atoms with E-state index in [1.165, 1.54) is 13.8 Å². The van der Waals surface area contributed by atoms with E-state index < -0.39 is 59.2 Å². The fourth-order valence-corrected chi connectivity index (χ4v) is 9.65. The maximum Gasteiger partial charge on any atom is 0.437 e.